The average molecular weight is 314 g/mol. The van der Waals surface area contributed by atoms with Gasteiger partial charge in [0.25, 0.3) is 0 Å². The molecule has 0 spiro atoms. The van der Waals surface area contributed by atoms with Gasteiger partial charge in [-0.3, -0.25) is 0 Å². The van der Waals surface area contributed by atoms with Crippen molar-refractivity contribution in [2.75, 3.05) is 19.6 Å². The van der Waals surface area contributed by atoms with E-state index in [1.54, 1.807) is 6.92 Å². The molecule has 0 saturated carbocycles. The third kappa shape index (κ3) is 6.97. The van der Waals surface area contributed by atoms with Crippen molar-refractivity contribution < 1.29 is 14.6 Å². The normalized spacial score (nSPS) is 24.5. The Morgan fingerprint density at radius 3 is 2.50 bits per heavy atom. The van der Waals surface area contributed by atoms with Gasteiger partial charge in [0.15, 0.2) is 0 Å². The second kappa shape index (κ2) is 8.16. The lowest BCUT2D eigenvalue weighted by molar-refractivity contribution is 0.0110. The molecule has 1 rings (SSSR count). The highest BCUT2D eigenvalue weighted by Crippen LogP contribution is 2.25. The van der Waals surface area contributed by atoms with Gasteiger partial charge in [-0.05, 0) is 52.4 Å². The molecule has 0 aliphatic carbocycles. The number of aliphatic hydroxyl groups excluding tert-OH is 1. The molecular formula is C17H34N2O3. The van der Waals surface area contributed by atoms with Crippen molar-refractivity contribution in [1.29, 1.82) is 0 Å². The van der Waals surface area contributed by atoms with Gasteiger partial charge in [0.1, 0.15) is 5.60 Å². The van der Waals surface area contributed by atoms with E-state index in [0.29, 0.717) is 31.0 Å². The number of carbonyl (C=O) groups is 1. The van der Waals surface area contributed by atoms with E-state index >= 15 is 0 Å². The molecule has 1 amide bonds. The van der Waals surface area contributed by atoms with Gasteiger partial charge in [-0.2, -0.15) is 0 Å². The number of carbonyl (C=O) groups excluding carboxylic acids is 1. The van der Waals surface area contributed by atoms with E-state index in [-0.39, 0.29) is 12.2 Å². The first-order valence-electron chi connectivity index (χ1n) is 8.48. The zero-order chi connectivity index (χ0) is 16.9. The first-order chi connectivity index (χ1) is 10.1. The SMILES string of the molecule is CC(C)CC1CN(C(=O)OC(C)(C)C)CCC1NC[C@H](C)O. The van der Waals surface area contributed by atoms with Gasteiger partial charge >= 0.3 is 6.09 Å². The molecule has 5 heteroatoms. The molecule has 0 aromatic heterocycles. The minimum atomic E-state index is -0.452. The minimum absolute atomic E-state index is 0.213. The summed E-state index contributed by atoms with van der Waals surface area (Å²) in [4.78, 5) is 14.1. The van der Waals surface area contributed by atoms with Crippen molar-refractivity contribution >= 4 is 6.09 Å². The maximum Gasteiger partial charge on any atom is 0.410 e. The first-order valence-corrected chi connectivity index (χ1v) is 8.48. The van der Waals surface area contributed by atoms with Crippen LogP contribution in [0, 0.1) is 11.8 Å². The van der Waals surface area contributed by atoms with E-state index in [9.17, 15) is 9.90 Å². The zero-order valence-electron chi connectivity index (χ0n) is 15.1. The Bertz CT molecular complexity index is 350. The number of rotatable bonds is 5. The number of hydrogen-bond acceptors (Lipinski definition) is 4. The van der Waals surface area contributed by atoms with E-state index in [2.05, 4.69) is 19.2 Å². The van der Waals surface area contributed by atoms with Crippen molar-refractivity contribution in [2.45, 2.75) is 72.1 Å². The number of nitrogens with zero attached hydrogens (tertiary/aromatic N) is 1. The van der Waals surface area contributed by atoms with Crippen LogP contribution in [-0.2, 0) is 4.74 Å². The maximum absolute atomic E-state index is 12.3. The molecule has 0 aromatic carbocycles. The van der Waals surface area contributed by atoms with Crippen molar-refractivity contribution in [3.63, 3.8) is 0 Å². The Kier molecular flexibility index (Phi) is 7.13. The van der Waals surface area contributed by atoms with E-state index in [1.165, 1.54) is 0 Å². The molecule has 1 aliphatic heterocycles. The highest BCUT2D eigenvalue weighted by Gasteiger charge is 2.33. The first kappa shape index (κ1) is 19.2. The summed E-state index contributed by atoms with van der Waals surface area (Å²) in [6, 6.07) is 0.357. The fraction of sp³-hybridized carbons (Fsp3) is 0.941. The molecule has 2 N–H and O–H groups in total. The molecule has 1 saturated heterocycles. The van der Waals surface area contributed by atoms with E-state index in [4.69, 9.17) is 4.74 Å². The third-order valence-corrected chi connectivity index (χ3v) is 3.84. The number of ether oxygens (including phenoxy) is 1. The summed E-state index contributed by atoms with van der Waals surface area (Å²) in [5.41, 5.74) is -0.452. The molecule has 0 radical (unpaired) electrons. The second-order valence-corrected chi connectivity index (χ2v) is 7.97. The predicted molar refractivity (Wildman–Crippen MR) is 88.8 cm³/mol. The lowest BCUT2D eigenvalue weighted by atomic mass is 9.85. The molecule has 1 fully saturated rings. The van der Waals surface area contributed by atoms with Gasteiger partial charge in [0, 0.05) is 25.7 Å². The quantitative estimate of drug-likeness (QED) is 0.819. The minimum Gasteiger partial charge on any atom is -0.444 e. The molecule has 0 aromatic rings. The van der Waals surface area contributed by atoms with Crippen LogP contribution in [0.2, 0.25) is 0 Å². The molecule has 1 aliphatic rings. The highest BCUT2D eigenvalue weighted by molar-refractivity contribution is 5.68. The van der Waals surface area contributed by atoms with Crippen LogP contribution in [0.4, 0.5) is 4.79 Å². The summed E-state index contributed by atoms with van der Waals surface area (Å²) in [5, 5.41) is 12.9. The molecule has 0 bridgehead atoms. The van der Waals surface area contributed by atoms with Crippen molar-refractivity contribution in [2.24, 2.45) is 11.8 Å². The van der Waals surface area contributed by atoms with Crippen molar-refractivity contribution in [3.05, 3.63) is 0 Å². The van der Waals surface area contributed by atoms with Crippen molar-refractivity contribution in [3.8, 4) is 0 Å². The number of hydrogen-bond donors (Lipinski definition) is 2. The van der Waals surface area contributed by atoms with Crippen LogP contribution in [-0.4, -0.2) is 53.5 Å². The Hall–Kier alpha value is -0.810. The second-order valence-electron chi connectivity index (χ2n) is 7.97. The van der Waals surface area contributed by atoms with Crippen LogP contribution < -0.4 is 5.32 Å². The predicted octanol–water partition coefficient (Wildman–Crippen LogP) is 2.63. The number of aliphatic hydroxyl groups is 1. The van der Waals surface area contributed by atoms with Gasteiger partial charge in [-0.15, -0.1) is 0 Å². The topological polar surface area (TPSA) is 61.8 Å². The van der Waals surface area contributed by atoms with Crippen LogP contribution in [0.1, 0.15) is 54.4 Å². The largest absolute Gasteiger partial charge is 0.444 e. The summed E-state index contributed by atoms with van der Waals surface area (Å²) in [6.07, 6.45) is 1.42. The van der Waals surface area contributed by atoms with Gasteiger partial charge in [-0.1, -0.05) is 13.8 Å². The third-order valence-electron chi connectivity index (χ3n) is 3.84. The van der Waals surface area contributed by atoms with E-state index in [0.717, 1.165) is 19.4 Å². The lowest BCUT2D eigenvalue weighted by Gasteiger charge is -2.40. The summed E-state index contributed by atoms with van der Waals surface area (Å²) in [7, 11) is 0. The van der Waals surface area contributed by atoms with E-state index < -0.39 is 5.60 Å². The zero-order valence-corrected chi connectivity index (χ0v) is 15.1. The van der Waals surface area contributed by atoms with Gasteiger partial charge in [0.05, 0.1) is 6.10 Å². The Morgan fingerprint density at radius 1 is 1.36 bits per heavy atom. The van der Waals surface area contributed by atoms with Crippen LogP contribution in [0.5, 0.6) is 0 Å². The van der Waals surface area contributed by atoms with Gasteiger partial charge in [0.2, 0.25) is 0 Å². The van der Waals surface area contributed by atoms with Gasteiger partial charge < -0.3 is 20.1 Å². The molecule has 3 atom stereocenters. The van der Waals surface area contributed by atoms with Gasteiger partial charge in [-0.25, -0.2) is 4.79 Å². The van der Waals surface area contributed by atoms with Crippen LogP contribution >= 0.6 is 0 Å². The van der Waals surface area contributed by atoms with Crippen LogP contribution in [0.15, 0.2) is 0 Å². The van der Waals surface area contributed by atoms with Crippen LogP contribution in [0.25, 0.3) is 0 Å². The molecular weight excluding hydrogens is 280 g/mol. The molecule has 2 unspecified atom stereocenters. The van der Waals surface area contributed by atoms with Crippen molar-refractivity contribution in [1.82, 2.24) is 10.2 Å². The summed E-state index contributed by atoms with van der Waals surface area (Å²) in [6.45, 7) is 13.9. The maximum atomic E-state index is 12.3. The molecule has 130 valence electrons. The molecule has 1 heterocycles. The Morgan fingerprint density at radius 2 is 2.00 bits per heavy atom. The summed E-state index contributed by atoms with van der Waals surface area (Å²) in [5.74, 6) is 0.986. The Balaban J connectivity index is 2.64. The van der Waals surface area contributed by atoms with Crippen LogP contribution in [0.3, 0.4) is 0 Å². The number of piperidine rings is 1. The lowest BCUT2D eigenvalue weighted by Crippen LogP contribution is -2.53. The monoisotopic (exact) mass is 314 g/mol. The molecule has 5 nitrogen and oxygen atoms in total. The average Bonchev–Trinajstić information content (AvgIpc) is 2.34. The number of nitrogens with one attached hydrogen (secondary N) is 1. The Labute approximate surface area is 135 Å². The number of likely N-dealkylation sites (tertiary alicyclic amines) is 1. The highest BCUT2D eigenvalue weighted by atomic mass is 16.6. The number of amides is 1. The molecule has 22 heavy (non-hydrogen) atoms. The smallest absolute Gasteiger partial charge is 0.410 e. The fourth-order valence-electron chi connectivity index (χ4n) is 2.96. The summed E-state index contributed by atoms with van der Waals surface area (Å²) < 4.78 is 5.49. The summed E-state index contributed by atoms with van der Waals surface area (Å²) >= 11 is 0. The standard InChI is InChI=1S/C17H34N2O3/c1-12(2)9-14-11-19(16(21)22-17(4,5)6)8-7-15(14)18-10-13(3)20/h12-15,18,20H,7-11H2,1-6H3/t13-,14?,15?/m0/s1. The van der Waals surface area contributed by atoms with E-state index in [1.807, 2.05) is 25.7 Å². The fourth-order valence-corrected chi connectivity index (χ4v) is 2.96.